The van der Waals surface area contributed by atoms with Crippen molar-refractivity contribution in [3.8, 4) is 17.2 Å². The lowest BCUT2D eigenvalue weighted by Gasteiger charge is -2.08. The average Bonchev–Trinajstić information content (AvgIpc) is 3.01. The maximum Gasteiger partial charge on any atom is 0.363 e. The van der Waals surface area contributed by atoms with E-state index in [2.05, 4.69) is 4.99 Å². The third-order valence-electron chi connectivity index (χ3n) is 3.73. The van der Waals surface area contributed by atoms with Gasteiger partial charge in [0.25, 0.3) is 0 Å². The van der Waals surface area contributed by atoms with Crippen LogP contribution < -0.4 is 14.2 Å². The van der Waals surface area contributed by atoms with Crippen LogP contribution in [0.2, 0.25) is 5.02 Å². The minimum atomic E-state index is -0.540. The fourth-order valence-corrected chi connectivity index (χ4v) is 2.70. The van der Waals surface area contributed by atoms with Gasteiger partial charge in [-0.1, -0.05) is 17.7 Å². The number of ether oxygens (including phenoxy) is 4. The van der Waals surface area contributed by atoms with Gasteiger partial charge in [-0.05, 0) is 42.0 Å². The van der Waals surface area contributed by atoms with Gasteiger partial charge in [0.2, 0.25) is 5.90 Å². The van der Waals surface area contributed by atoms with Crippen molar-refractivity contribution in [2.75, 3.05) is 21.3 Å². The zero-order valence-corrected chi connectivity index (χ0v) is 15.2. The number of benzene rings is 2. The lowest BCUT2D eigenvalue weighted by atomic mass is 10.2. The van der Waals surface area contributed by atoms with Crippen molar-refractivity contribution >= 4 is 29.5 Å². The molecule has 0 fully saturated rings. The summed E-state index contributed by atoms with van der Waals surface area (Å²) in [7, 11) is 4.61. The summed E-state index contributed by atoms with van der Waals surface area (Å²) in [6.45, 7) is 0. The van der Waals surface area contributed by atoms with E-state index in [4.69, 9.17) is 30.5 Å². The molecule has 0 spiro atoms. The van der Waals surface area contributed by atoms with Crippen LogP contribution in [0.15, 0.2) is 47.1 Å². The minimum Gasteiger partial charge on any atom is -0.495 e. The molecule has 1 aliphatic heterocycles. The van der Waals surface area contributed by atoms with E-state index in [1.54, 1.807) is 49.6 Å². The van der Waals surface area contributed by atoms with Crippen LogP contribution >= 0.6 is 11.6 Å². The molecule has 3 rings (SSSR count). The van der Waals surface area contributed by atoms with Gasteiger partial charge in [0.15, 0.2) is 17.2 Å². The smallest absolute Gasteiger partial charge is 0.363 e. The summed E-state index contributed by atoms with van der Waals surface area (Å²) in [5.41, 5.74) is 1.49. The Morgan fingerprint density at radius 3 is 2.31 bits per heavy atom. The van der Waals surface area contributed by atoms with Crippen LogP contribution in [0.3, 0.4) is 0 Å². The first-order valence-electron chi connectivity index (χ1n) is 7.64. The predicted molar refractivity (Wildman–Crippen MR) is 98.2 cm³/mol. The number of aliphatic imine (C=N–C) groups is 1. The van der Waals surface area contributed by atoms with E-state index < -0.39 is 5.97 Å². The molecule has 0 N–H and O–H groups in total. The molecule has 0 aromatic heterocycles. The number of nitrogens with zero attached hydrogens (tertiary/aromatic N) is 1. The molecule has 0 bridgehead atoms. The monoisotopic (exact) mass is 373 g/mol. The number of hydrogen-bond acceptors (Lipinski definition) is 6. The van der Waals surface area contributed by atoms with Crippen LogP contribution in [0.4, 0.5) is 0 Å². The highest BCUT2D eigenvalue weighted by Gasteiger charge is 2.25. The second-order valence-electron chi connectivity index (χ2n) is 5.30. The van der Waals surface area contributed by atoms with Crippen LogP contribution in [-0.4, -0.2) is 33.2 Å². The topological polar surface area (TPSA) is 66.3 Å². The zero-order chi connectivity index (χ0) is 18.7. The fourth-order valence-electron chi connectivity index (χ4n) is 2.43. The summed E-state index contributed by atoms with van der Waals surface area (Å²) in [6.07, 6.45) is 1.60. The van der Waals surface area contributed by atoms with Gasteiger partial charge in [0.05, 0.1) is 26.4 Å². The number of rotatable bonds is 5. The van der Waals surface area contributed by atoms with Crippen LogP contribution in [0, 0.1) is 0 Å². The van der Waals surface area contributed by atoms with E-state index in [-0.39, 0.29) is 11.6 Å². The van der Waals surface area contributed by atoms with Crippen molar-refractivity contribution < 1.29 is 23.7 Å². The van der Waals surface area contributed by atoms with Crippen LogP contribution in [0.5, 0.6) is 17.2 Å². The molecule has 134 valence electrons. The lowest BCUT2D eigenvalue weighted by molar-refractivity contribution is -0.129. The molecule has 2 aromatic carbocycles. The maximum atomic E-state index is 12.1. The molecule has 1 aliphatic rings. The molecule has 7 heteroatoms. The molecule has 1 heterocycles. The Labute approximate surface area is 155 Å². The summed E-state index contributed by atoms with van der Waals surface area (Å²) >= 11 is 6.11. The van der Waals surface area contributed by atoms with E-state index in [0.717, 1.165) is 0 Å². The third kappa shape index (κ3) is 3.50. The Kier molecular flexibility index (Phi) is 5.14. The van der Waals surface area contributed by atoms with E-state index in [1.807, 2.05) is 0 Å². The van der Waals surface area contributed by atoms with Crippen molar-refractivity contribution in [3.05, 3.63) is 58.2 Å². The van der Waals surface area contributed by atoms with Gasteiger partial charge in [-0.3, -0.25) is 0 Å². The minimum absolute atomic E-state index is 0.177. The van der Waals surface area contributed by atoms with Crippen molar-refractivity contribution in [2.45, 2.75) is 0 Å². The Bertz CT molecular complexity index is 920. The molecular formula is C19H16ClNO5. The SMILES string of the molecule is COc1ccc(/C=C2/N=C(c3ccc(OC)c(OC)c3)OC2=O)cc1Cl. The Balaban J connectivity index is 1.93. The first-order chi connectivity index (χ1) is 12.5. The summed E-state index contributed by atoms with van der Waals surface area (Å²) in [6, 6.07) is 10.3. The second-order valence-corrected chi connectivity index (χ2v) is 5.71. The van der Waals surface area contributed by atoms with Gasteiger partial charge in [-0.15, -0.1) is 0 Å². The molecule has 0 atom stereocenters. The standard InChI is InChI=1S/C19H16ClNO5/c1-23-15-6-4-11(8-13(15)20)9-14-19(22)26-18(21-14)12-5-7-16(24-2)17(10-12)25-3/h4-10H,1-3H3/b14-9+. The van der Waals surface area contributed by atoms with Crippen LogP contribution in [0.1, 0.15) is 11.1 Å². The maximum absolute atomic E-state index is 12.1. The van der Waals surface area contributed by atoms with E-state index in [0.29, 0.717) is 33.4 Å². The predicted octanol–water partition coefficient (Wildman–Crippen LogP) is 3.71. The van der Waals surface area contributed by atoms with Crippen LogP contribution in [0.25, 0.3) is 6.08 Å². The molecule has 0 amide bonds. The molecular weight excluding hydrogens is 358 g/mol. The second kappa shape index (κ2) is 7.49. The molecule has 0 saturated carbocycles. The molecule has 6 nitrogen and oxygen atoms in total. The van der Waals surface area contributed by atoms with Crippen LogP contribution in [-0.2, 0) is 9.53 Å². The van der Waals surface area contributed by atoms with E-state index in [1.165, 1.54) is 14.2 Å². The highest BCUT2D eigenvalue weighted by molar-refractivity contribution is 6.32. The van der Waals surface area contributed by atoms with Crippen molar-refractivity contribution in [3.63, 3.8) is 0 Å². The first-order valence-corrected chi connectivity index (χ1v) is 8.02. The quantitative estimate of drug-likeness (QED) is 0.590. The molecule has 0 unspecified atom stereocenters. The van der Waals surface area contributed by atoms with E-state index in [9.17, 15) is 4.79 Å². The highest BCUT2D eigenvalue weighted by atomic mass is 35.5. The molecule has 26 heavy (non-hydrogen) atoms. The summed E-state index contributed by atoms with van der Waals surface area (Å²) in [4.78, 5) is 16.4. The summed E-state index contributed by atoms with van der Waals surface area (Å²) in [5.74, 6) is 1.30. The van der Waals surface area contributed by atoms with Crippen molar-refractivity contribution in [2.24, 2.45) is 4.99 Å². The molecule has 0 saturated heterocycles. The molecule has 2 aromatic rings. The van der Waals surface area contributed by atoms with Gasteiger partial charge in [-0.2, -0.15) is 0 Å². The van der Waals surface area contributed by atoms with Gasteiger partial charge < -0.3 is 18.9 Å². The average molecular weight is 374 g/mol. The number of carbonyl (C=O) groups excluding carboxylic acids is 1. The summed E-state index contributed by atoms with van der Waals surface area (Å²) in [5, 5.41) is 0.442. The molecule has 0 radical (unpaired) electrons. The normalized spacial score (nSPS) is 14.8. The van der Waals surface area contributed by atoms with Gasteiger partial charge in [0, 0.05) is 5.56 Å². The Morgan fingerprint density at radius 1 is 0.962 bits per heavy atom. The number of methoxy groups -OCH3 is 3. The lowest BCUT2D eigenvalue weighted by Crippen LogP contribution is -2.06. The van der Waals surface area contributed by atoms with Gasteiger partial charge in [-0.25, -0.2) is 9.79 Å². The number of carbonyl (C=O) groups is 1. The highest BCUT2D eigenvalue weighted by Crippen LogP contribution is 2.30. The number of cyclic esters (lactones) is 1. The number of halogens is 1. The first kappa shape index (κ1) is 17.8. The third-order valence-corrected chi connectivity index (χ3v) is 4.03. The Morgan fingerprint density at radius 2 is 1.65 bits per heavy atom. The Hall–Kier alpha value is -2.99. The zero-order valence-electron chi connectivity index (χ0n) is 14.4. The fraction of sp³-hybridized carbons (Fsp3) is 0.158. The van der Waals surface area contributed by atoms with Crippen molar-refractivity contribution in [1.82, 2.24) is 0 Å². The van der Waals surface area contributed by atoms with Gasteiger partial charge >= 0.3 is 5.97 Å². The molecule has 0 aliphatic carbocycles. The van der Waals surface area contributed by atoms with Crippen molar-refractivity contribution in [1.29, 1.82) is 0 Å². The summed E-state index contributed by atoms with van der Waals surface area (Å²) < 4.78 is 20.8. The van der Waals surface area contributed by atoms with E-state index >= 15 is 0 Å². The largest absolute Gasteiger partial charge is 0.495 e. The number of hydrogen-bond donors (Lipinski definition) is 0. The number of esters is 1. The van der Waals surface area contributed by atoms with Gasteiger partial charge in [0.1, 0.15) is 5.75 Å².